The molecule has 0 saturated heterocycles. The molecule has 0 saturated carbocycles. The lowest BCUT2D eigenvalue weighted by atomic mass is 9.92. The van der Waals surface area contributed by atoms with Crippen molar-refractivity contribution in [3.63, 3.8) is 0 Å². The minimum Gasteiger partial charge on any atom is -0.338 e. The van der Waals surface area contributed by atoms with Crippen molar-refractivity contribution in [2.75, 3.05) is 19.6 Å². The number of benzene rings is 1. The lowest BCUT2D eigenvalue weighted by molar-refractivity contribution is -0.385. The summed E-state index contributed by atoms with van der Waals surface area (Å²) in [7, 11) is 0. The van der Waals surface area contributed by atoms with Gasteiger partial charge in [0, 0.05) is 19.2 Å². The Morgan fingerprint density at radius 3 is 2.50 bits per heavy atom. The second kappa shape index (κ2) is 6.47. The van der Waals surface area contributed by atoms with Crippen LogP contribution in [0.3, 0.4) is 0 Å². The van der Waals surface area contributed by atoms with Gasteiger partial charge in [-0.05, 0) is 24.9 Å². The standard InChI is InChI=1S/C14H21N3O3/c1-4-16(10-14(2,3)9-15)13(18)11-7-5-6-8-12(11)17(19)20/h5-8H,4,9-10,15H2,1-3H3. The molecule has 1 aromatic carbocycles. The quantitative estimate of drug-likeness (QED) is 0.637. The molecule has 0 unspecified atom stereocenters. The van der Waals surface area contributed by atoms with Gasteiger partial charge in [0.15, 0.2) is 0 Å². The SMILES string of the molecule is CCN(CC(C)(C)CN)C(=O)c1ccccc1[N+](=O)[O-]. The third kappa shape index (κ3) is 3.77. The van der Waals surface area contributed by atoms with Crippen molar-refractivity contribution in [1.82, 2.24) is 4.90 Å². The molecule has 0 heterocycles. The number of hydrogen-bond acceptors (Lipinski definition) is 4. The van der Waals surface area contributed by atoms with E-state index in [1.807, 2.05) is 20.8 Å². The molecule has 1 rings (SSSR count). The van der Waals surface area contributed by atoms with Gasteiger partial charge in [0.05, 0.1) is 4.92 Å². The number of nitro groups is 1. The third-order valence-corrected chi connectivity index (χ3v) is 3.17. The number of nitro benzene ring substituents is 1. The predicted octanol–water partition coefficient (Wildman–Crippen LogP) is 2.04. The van der Waals surface area contributed by atoms with Crippen LogP contribution in [0.4, 0.5) is 5.69 Å². The van der Waals surface area contributed by atoms with E-state index in [-0.39, 0.29) is 22.6 Å². The van der Waals surface area contributed by atoms with Crippen molar-refractivity contribution in [2.24, 2.45) is 11.1 Å². The molecule has 0 fully saturated rings. The van der Waals surface area contributed by atoms with Gasteiger partial charge in [-0.1, -0.05) is 26.0 Å². The van der Waals surface area contributed by atoms with Crippen LogP contribution in [0.2, 0.25) is 0 Å². The molecule has 1 amide bonds. The van der Waals surface area contributed by atoms with Crippen molar-refractivity contribution in [2.45, 2.75) is 20.8 Å². The van der Waals surface area contributed by atoms with E-state index in [0.29, 0.717) is 19.6 Å². The fourth-order valence-corrected chi connectivity index (χ4v) is 1.89. The molecule has 0 radical (unpaired) electrons. The van der Waals surface area contributed by atoms with E-state index in [9.17, 15) is 14.9 Å². The molecule has 6 heteroatoms. The zero-order valence-electron chi connectivity index (χ0n) is 12.1. The summed E-state index contributed by atoms with van der Waals surface area (Å²) in [5.74, 6) is -0.332. The zero-order valence-corrected chi connectivity index (χ0v) is 12.1. The smallest absolute Gasteiger partial charge is 0.282 e. The van der Waals surface area contributed by atoms with Crippen LogP contribution in [0.1, 0.15) is 31.1 Å². The van der Waals surface area contributed by atoms with Gasteiger partial charge in [0.2, 0.25) is 0 Å². The average molecular weight is 279 g/mol. The normalized spacial score (nSPS) is 11.2. The first-order valence-electron chi connectivity index (χ1n) is 6.55. The number of para-hydroxylation sites is 1. The van der Waals surface area contributed by atoms with E-state index < -0.39 is 4.92 Å². The van der Waals surface area contributed by atoms with E-state index in [4.69, 9.17) is 5.73 Å². The highest BCUT2D eigenvalue weighted by atomic mass is 16.6. The van der Waals surface area contributed by atoms with Gasteiger partial charge in [-0.25, -0.2) is 0 Å². The largest absolute Gasteiger partial charge is 0.338 e. The summed E-state index contributed by atoms with van der Waals surface area (Å²) in [5, 5.41) is 11.0. The minimum atomic E-state index is -0.533. The van der Waals surface area contributed by atoms with Crippen LogP contribution in [0.25, 0.3) is 0 Å². The number of nitrogens with zero attached hydrogens (tertiary/aromatic N) is 2. The van der Waals surface area contributed by atoms with Crippen molar-refractivity contribution >= 4 is 11.6 Å². The van der Waals surface area contributed by atoms with Crippen molar-refractivity contribution < 1.29 is 9.72 Å². The van der Waals surface area contributed by atoms with Gasteiger partial charge in [-0.15, -0.1) is 0 Å². The Hall–Kier alpha value is -1.95. The van der Waals surface area contributed by atoms with Crippen LogP contribution >= 0.6 is 0 Å². The first-order chi connectivity index (χ1) is 9.32. The lowest BCUT2D eigenvalue weighted by Gasteiger charge is -2.31. The van der Waals surface area contributed by atoms with Crippen molar-refractivity contribution in [3.8, 4) is 0 Å². The van der Waals surface area contributed by atoms with Crippen LogP contribution in [0.5, 0.6) is 0 Å². The lowest BCUT2D eigenvalue weighted by Crippen LogP contribution is -2.42. The van der Waals surface area contributed by atoms with Crippen LogP contribution in [-0.4, -0.2) is 35.4 Å². The summed E-state index contributed by atoms with van der Waals surface area (Å²) < 4.78 is 0. The number of nitrogens with two attached hydrogens (primary N) is 1. The summed E-state index contributed by atoms with van der Waals surface area (Å²) in [4.78, 5) is 24.5. The molecule has 0 aromatic heterocycles. The maximum absolute atomic E-state index is 12.5. The summed E-state index contributed by atoms with van der Waals surface area (Å²) in [6.45, 7) is 7.15. The molecule has 6 nitrogen and oxygen atoms in total. The molecule has 1 aromatic rings. The topological polar surface area (TPSA) is 89.5 Å². The van der Waals surface area contributed by atoms with Gasteiger partial charge < -0.3 is 10.6 Å². The average Bonchev–Trinajstić information content (AvgIpc) is 2.44. The molecule has 0 bridgehead atoms. The number of carbonyl (C=O) groups is 1. The molecule has 0 aliphatic heterocycles. The second-order valence-electron chi connectivity index (χ2n) is 5.46. The highest BCUT2D eigenvalue weighted by Crippen LogP contribution is 2.22. The summed E-state index contributed by atoms with van der Waals surface area (Å²) in [6, 6.07) is 6.00. The Morgan fingerprint density at radius 2 is 2.00 bits per heavy atom. The summed E-state index contributed by atoms with van der Waals surface area (Å²) in [6.07, 6.45) is 0. The number of hydrogen-bond donors (Lipinski definition) is 1. The Labute approximate surface area is 118 Å². The Balaban J connectivity index is 3.06. The fraction of sp³-hybridized carbons (Fsp3) is 0.500. The molecule has 0 spiro atoms. The third-order valence-electron chi connectivity index (χ3n) is 3.17. The van der Waals surface area contributed by atoms with Crippen LogP contribution in [0, 0.1) is 15.5 Å². The summed E-state index contributed by atoms with van der Waals surface area (Å²) >= 11 is 0. The molecular formula is C14H21N3O3. The van der Waals surface area contributed by atoms with E-state index in [1.54, 1.807) is 17.0 Å². The van der Waals surface area contributed by atoms with E-state index in [1.165, 1.54) is 12.1 Å². The van der Waals surface area contributed by atoms with Crippen molar-refractivity contribution in [1.29, 1.82) is 0 Å². The van der Waals surface area contributed by atoms with Gasteiger partial charge in [0.25, 0.3) is 11.6 Å². The Morgan fingerprint density at radius 1 is 1.40 bits per heavy atom. The number of carbonyl (C=O) groups excluding carboxylic acids is 1. The molecule has 0 aliphatic carbocycles. The Bertz CT molecular complexity index is 500. The van der Waals surface area contributed by atoms with Crippen LogP contribution in [0.15, 0.2) is 24.3 Å². The minimum absolute atomic E-state index is 0.118. The maximum Gasteiger partial charge on any atom is 0.282 e. The molecule has 110 valence electrons. The van der Waals surface area contributed by atoms with Gasteiger partial charge in [0.1, 0.15) is 5.56 Å². The fourth-order valence-electron chi connectivity index (χ4n) is 1.89. The molecule has 0 atom stereocenters. The second-order valence-corrected chi connectivity index (χ2v) is 5.46. The highest BCUT2D eigenvalue weighted by Gasteiger charge is 2.27. The number of amides is 1. The van der Waals surface area contributed by atoms with Crippen LogP contribution in [-0.2, 0) is 0 Å². The molecular weight excluding hydrogens is 258 g/mol. The number of rotatable bonds is 6. The zero-order chi connectivity index (χ0) is 15.3. The molecule has 20 heavy (non-hydrogen) atoms. The van der Waals surface area contributed by atoms with Crippen LogP contribution < -0.4 is 5.73 Å². The van der Waals surface area contributed by atoms with E-state index >= 15 is 0 Å². The van der Waals surface area contributed by atoms with Gasteiger partial charge in [-0.3, -0.25) is 14.9 Å². The molecule has 0 aliphatic rings. The highest BCUT2D eigenvalue weighted by molar-refractivity contribution is 5.98. The molecule has 2 N–H and O–H groups in total. The first-order valence-corrected chi connectivity index (χ1v) is 6.55. The Kier molecular flexibility index (Phi) is 5.21. The van der Waals surface area contributed by atoms with Gasteiger partial charge in [-0.2, -0.15) is 0 Å². The van der Waals surface area contributed by atoms with Crippen molar-refractivity contribution in [3.05, 3.63) is 39.9 Å². The van der Waals surface area contributed by atoms with E-state index in [0.717, 1.165) is 0 Å². The summed E-state index contributed by atoms with van der Waals surface area (Å²) in [5.41, 5.74) is 5.41. The monoisotopic (exact) mass is 279 g/mol. The van der Waals surface area contributed by atoms with E-state index in [2.05, 4.69) is 0 Å². The van der Waals surface area contributed by atoms with Gasteiger partial charge >= 0.3 is 0 Å². The predicted molar refractivity (Wildman–Crippen MR) is 77.5 cm³/mol. The first kappa shape index (κ1) is 16.1. The maximum atomic E-state index is 12.5.